The van der Waals surface area contributed by atoms with Gasteiger partial charge >= 0.3 is 0 Å². The molecule has 1 heterocycles. The SMILES string of the molecule is CC1OCCC1N=C(N)N=C(N)N. The van der Waals surface area contributed by atoms with E-state index in [-0.39, 0.29) is 24.1 Å². The van der Waals surface area contributed by atoms with Gasteiger partial charge in [0.2, 0.25) is 5.96 Å². The van der Waals surface area contributed by atoms with Gasteiger partial charge in [-0.2, -0.15) is 4.99 Å². The summed E-state index contributed by atoms with van der Waals surface area (Å²) in [6.45, 7) is 2.66. The molecule has 6 heteroatoms. The zero-order valence-corrected chi connectivity index (χ0v) is 7.60. The molecule has 1 aliphatic heterocycles. The zero-order chi connectivity index (χ0) is 9.84. The number of nitrogens with zero attached hydrogens (tertiary/aromatic N) is 2. The van der Waals surface area contributed by atoms with Gasteiger partial charge in [0, 0.05) is 6.61 Å². The van der Waals surface area contributed by atoms with Gasteiger partial charge in [-0.3, -0.25) is 0 Å². The maximum Gasteiger partial charge on any atom is 0.218 e. The summed E-state index contributed by atoms with van der Waals surface area (Å²) in [4.78, 5) is 7.74. The fourth-order valence-electron chi connectivity index (χ4n) is 1.22. The van der Waals surface area contributed by atoms with Gasteiger partial charge in [0.1, 0.15) is 0 Å². The zero-order valence-electron chi connectivity index (χ0n) is 7.60. The van der Waals surface area contributed by atoms with Crippen LogP contribution >= 0.6 is 0 Å². The summed E-state index contributed by atoms with van der Waals surface area (Å²) in [7, 11) is 0. The summed E-state index contributed by atoms with van der Waals surface area (Å²) in [6.07, 6.45) is 0.953. The Morgan fingerprint density at radius 2 is 2.08 bits per heavy atom. The second-order valence-electron chi connectivity index (χ2n) is 2.96. The van der Waals surface area contributed by atoms with Gasteiger partial charge in [0.15, 0.2) is 5.96 Å². The van der Waals surface area contributed by atoms with Crippen LogP contribution in [0, 0.1) is 0 Å². The van der Waals surface area contributed by atoms with E-state index in [4.69, 9.17) is 21.9 Å². The molecular formula is C7H15N5O. The fourth-order valence-corrected chi connectivity index (χ4v) is 1.22. The largest absolute Gasteiger partial charge is 0.376 e. The van der Waals surface area contributed by atoms with E-state index < -0.39 is 0 Å². The molecule has 1 aliphatic rings. The molecule has 2 unspecified atom stereocenters. The Kier molecular flexibility index (Phi) is 3.07. The quantitative estimate of drug-likeness (QED) is 0.350. The number of aliphatic imine (C=N–C) groups is 2. The molecule has 2 atom stereocenters. The minimum Gasteiger partial charge on any atom is -0.376 e. The average molecular weight is 185 g/mol. The Morgan fingerprint density at radius 1 is 1.38 bits per heavy atom. The standard InChI is InChI=1S/C7H15N5O/c1-4-5(2-3-13-4)11-7(10)12-6(8)9/h4-5H,2-3H2,1H3,(H6,8,9,10,11,12). The molecule has 1 saturated heterocycles. The lowest BCUT2D eigenvalue weighted by atomic mass is 10.2. The summed E-state index contributed by atoms with van der Waals surface area (Å²) in [5, 5.41) is 0. The molecule has 74 valence electrons. The van der Waals surface area contributed by atoms with Crippen LogP contribution in [0.15, 0.2) is 9.98 Å². The molecule has 6 N–H and O–H groups in total. The fraction of sp³-hybridized carbons (Fsp3) is 0.714. The summed E-state index contributed by atoms with van der Waals surface area (Å²) in [5.41, 5.74) is 15.7. The topological polar surface area (TPSA) is 112 Å². The van der Waals surface area contributed by atoms with Gasteiger partial charge in [0.25, 0.3) is 0 Å². The molecule has 1 rings (SSSR count). The van der Waals surface area contributed by atoms with Crippen LogP contribution in [-0.4, -0.2) is 30.7 Å². The van der Waals surface area contributed by atoms with E-state index in [9.17, 15) is 0 Å². The second-order valence-corrected chi connectivity index (χ2v) is 2.96. The third-order valence-corrected chi connectivity index (χ3v) is 1.88. The Labute approximate surface area is 76.8 Å². The molecule has 0 amide bonds. The van der Waals surface area contributed by atoms with Gasteiger partial charge in [-0.25, -0.2) is 4.99 Å². The number of nitrogens with two attached hydrogens (primary N) is 3. The van der Waals surface area contributed by atoms with Crippen LogP contribution in [0.5, 0.6) is 0 Å². The first-order valence-electron chi connectivity index (χ1n) is 4.14. The summed E-state index contributed by atoms with van der Waals surface area (Å²) < 4.78 is 5.30. The maximum absolute atomic E-state index is 5.46. The molecular weight excluding hydrogens is 170 g/mol. The van der Waals surface area contributed by atoms with Crippen molar-refractivity contribution >= 4 is 11.9 Å². The third-order valence-electron chi connectivity index (χ3n) is 1.88. The van der Waals surface area contributed by atoms with Crippen molar-refractivity contribution in [2.24, 2.45) is 27.2 Å². The second kappa shape index (κ2) is 4.08. The van der Waals surface area contributed by atoms with Crippen LogP contribution in [0.25, 0.3) is 0 Å². The first-order valence-corrected chi connectivity index (χ1v) is 4.14. The monoisotopic (exact) mass is 185 g/mol. The lowest BCUT2D eigenvalue weighted by Crippen LogP contribution is -2.28. The normalized spacial score (nSPS) is 28.8. The molecule has 0 aromatic rings. The summed E-state index contributed by atoms with van der Waals surface area (Å²) >= 11 is 0. The lowest BCUT2D eigenvalue weighted by molar-refractivity contribution is 0.119. The Hall–Kier alpha value is -1.30. The van der Waals surface area contributed by atoms with Gasteiger partial charge in [-0.15, -0.1) is 0 Å². The van der Waals surface area contributed by atoms with Crippen molar-refractivity contribution < 1.29 is 4.74 Å². The Morgan fingerprint density at radius 3 is 2.54 bits per heavy atom. The molecule has 0 bridgehead atoms. The number of hydrogen-bond donors (Lipinski definition) is 3. The highest BCUT2D eigenvalue weighted by molar-refractivity contribution is 5.92. The van der Waals surface area contributed by atoms with E-state index in [1.54, 1.807) is 0 Å². The van der Waals surface area contributed by atoms with Crippen LogP contribution in [0.1, 0.15) is 13.3 Å². The molecule has 0 radical (unpaired) electrons. The van der Waals surface area contributed by atoms with E-state index in [0.717, 1.165) is 6.42 Å². The van der Waals surface area contributed by atoms with Crippen LogP contribution in [0.2, 0.25) is 0 Å². The maximum atomic E-state index is 5.46. The highest BCUT2D eigenvalue weighted by Gasteiger charge is 2.23. The lowest BCUT2D eigenvalue weighted by Gasteiger charge is -2.08. The summed E-state index contributed by atoms with van der Waals surface area (Å²) in [6, 6.07) is 0.0723. The van der Waals surface area contributed by atoms with Crippen LogP contribution in [0.3, 0.4) is 0 Å². The van der Waals surface area contributed by atoms with Crippen molar-refractivity contribution in [3.05, 3.63) is 0 Å². The van der Waals surface area contributed by atoms with Crippen molar-refractivity contribution in [3.8, 4) is 0 Å². The van der Waals surface area contributed by atoms with Gasteiger partial charge in [-0.1, -0.05) is 0 Å². The predicted molar refractivity (Wildman–Crippen MR) is 51.3 cm³/mol. The van der Waals surface area contributed by atoms with E-state index in [1.165, 1.54) is 0 Å². The average Bonchev–Trinajstić information content (AvgIpc) is 2.34. The van der Waals surface area contributed by atoms with Gasteiger partial charge < -0.3 is 21.9 Å². The minimum absolute atomic E-state index is 0.0723. The first kappa shape index (κ1) is 9.79. The molecule has 0 aromatic heterocycles. The molecule has 6 nitrogen and oxygen atoms in total. The predicted octanol–water partition coefficient (Wildman–Crippen LogP) is -1.25. The van der Waals surface area contributed by atoms with Crippen molar-refractivity contribution in [2.45, 2.75) is 25.5 Å². The van der Waals surface area contributed by atoms with E-state index >= 15 is 0 Å². The van der Waals surface area contributed by atoms with Crippen molar-refractivity contribution in [3.63, 3.8) is 0 Å². The van der Waals surface area contributed by atoms with E-state index in [2.05, 4.69) is 9.98 Å². The van der Waals surface area contributed by atoms with E-state index in [0.29, 0.717) is 6.61 Å². The molecule has 1 fully saturated rings. The molecule has 0 saturated carbocycles. The van der Waals surface area contributed by atoms with Crippen molar-refractivity contribution in [2.75, 3.05) is 6.61 Å². The molecule has 13 heavy (non-hydrogen) atoms. The van der Waals surface area contributed by atoms with Crippen LogP contribution < -0.4 is 17.2 Å². The number of rotatable bonds is 1. The molecule has 0 aromatic carbocycles. The Bertz CT molecular complexity index is 233. The smallest absolute Gasteiger partial charge is 0.218 e. The number of hydrogen-bond acceptors (Lipinski definition) is 2. The van der Waals surface area contributed by atoms with Crippen molar-refractivity contribution in [1.29, 1.82) is 0 Å². The first-order chi connectivity index (χ1) is 6.09. The van der Waals surface area contributed by atoms with E-state index in [1.807, 2.05) is 6.92 Å². The Balaban J connectivity index is 2.59. The van der Waals surface area contributed by atoms with Gasteiger partial charge in [0.05, 0.1) is 12.1 Å². The minimum atomic E-state index is -0.0761. The van der Waals surface area contributed by atoms with Crippen molar-refractivity contribution in [1.82, 2.24) is 0 Å². The highest BCUT2D eigenvalue weighted by Crippen LogP contribution is 2.15. The number of guanidine groups is 2. The van der Waals surface area contributed by atoms with Crippen LogP contribution in [-0.2, 0) is 4.74 Å². The highest BCUT2D eigenvalue weighted by atomic mass is 16.5. The summed E-state index contributed by atoms with van der Waals surface area (Å²) in [5.74, 6) is 0.0372. The van der Waals surface area contributed by atoms with Crippen LogP contribution in [0.4, 0.5) is 0 Å². The van der Waals surface area contributed by atoms with Gasteiger partial charge in [-0.05, 0) is 13.3 Å². The molecule has 0 spiro atoms. The molecule has 0 aliphatic carbocycles. The third kappa shape index (κ3) is 2.90. The number of ether oxygens (including phenoxy) is 1.